The zero-order chi connectivity index (χ0) is 11.7. The molecule has 1 unspecified atom stereocenters. The van der Waals surface area contributed by atoms with Crippen molar-refractivity contribution in [3.05, 3.63) is 12.7 Å². The lowest BCUT2D eigenvalue weighted by molar-refractivity contribution is -0.146. The van der Waals surface area contributed by atoms with Crippen LogP contribution in [0, 0.1) is 0 Å². The fraction of sp³-hybridized carbons (Fsp3) is 0.556. The zero-order valence-corrected chi connectivity index (χ0v) is 8.44. The van der Waals surface area contributed by atoms with Gasteiger partial charge in [0.25, 0.3) is 0 Å². The van der Waals surface area contributed by atoms with Crippen molar-refractivity contribution < 1.29 is 19.4 Å². The van der Waals surface area contributed by atoms with Gasteiger partial charge in [-0.15, -0.1) is 6.58 Å². The number of rotatable bonds is 7. The Hall–Kier alpha value is -1.56. The van der Waals surface area contributed by atoms with Gasteiger partial charge in [-0.25, -0.2) is 4.79 Å². The molecule has 0 spiro atoms. The number of aliphatic hydroxyl groups is 1. The molecule has 0 aromatic heterocycles. The Labute approximate surface area is 88.1 Å². The van der Waals surface area contributed by atoms with Crippen molar-refractivity contribution in [1.29, 1.82) is 0 Å². The van der Waals surface area contributed by atoms with E-state index in [1.165, 1.54) is 0 Å². The van der Waals surface area contributed by atoms with Crippen molar-refractivity contribution in [2.24, 2.45) is 5.73 Å². The number of hydrogen-bond acceptors (Lipinski definition) is 4. The first-order valence-corrected chi connectivity index (χ1v) is 4.54. The van der Waals surface area contributed by atoms with Crippen LogP contribution in [0.15, 0.2) is 12.7 Å². The van der Waals surface area contributed by atoms with E-state index in [1.807, 2.05) is 0 Å². The first kappa shape index (κ1) is 13.4. The Morgan fingerprint density at radius 3 is 2.80 bits per heavy atom. The third-order valence-electron chi connectivity index (χ3n) is 1.50. The van der Waals surface area contributed by atoms with E-state index in [1.54, 1.807) is 6.08 Å². The van der Waals surface area contributed by atoms with Crippen molar-refractivity contribution in [2.45, 2.75) is 18.9 Å². The monoisotopic (exact) mass is 216 g/mol. The van der Waals surface area contributed by atoms with Crippen molar-refractivity contribution in [2.75, 3.05) is 13.2 Å². The van der Waals surface area contributed by atoms with Crippen LogP contribution in [-0.2, 0) is 9.53 Å². The Morgan fingerprint density at radius 1 is 1.60 bits per heavy atom. The Kier molecular flexibility index (Phi) is 7.00. The summed E-state index contributed by atoms with van der Waals surface area (Å²) < 4.78 is 4.71. The number of aliphatic hydroxyl groups excluding tert-OH is 1. The molecule has 0 aromatic rings. The van der Waals surface area contributed by atoms with Crippen LogP contribution in [0.3, 0.4) is 0 Å². The number of amides is 2. The molecule has 0 rings (SSSR count). The van der Waals surface area contributed by atoms with Crippen LogP contribution < -0.4 is 11.1 Å². The molecule has 6 heteroatoms. The number of carbonyl (C=O) groups is 2. The molecule has 2 amide bonds. The Bertz CT molecular complexity index is 230. The molecule has 0 aliphatic carbocycles. The minimum atomic E-state index is -0.940. The van der Waals surface area contributed by atoms with Gasteiger partial charge < -0.3 is 20.9 Å². The van der Waals surface area contributed by atoms with Gasteiger partial charge >= 0.3 is 12.0 Å². The molecule has 0 radical (unpaired) electrons. The molecule has 4 N–H and O–H groups in total. The second-order valence-corrected chi connectivity index (χ2v) is 2.91. The van der Waals surface area contributed by atoms with E-state index in [0.717, 1.165) is 0 Å². The van der Waals surface area contributed by atoms with Crippen LogP contribution in [0.5, 0.6) is 0 Å². The third kappa shape index (κ3) is 8.76. The Balaban J connectivity index is 3.52. The highest BCUT2D eigenvalue weighted by molar-refractivity contribution is 5.71. The zero-order valence-electron chi connectivity index (χ0n) is 8.44. The second-order valence-electron chi connectivity index (χ2n) is 2.91. The van der Waals surface area contributed by atoms with E-state index in [-0.39, 0.29) is 19.6 Å². The van der Waals surface area contributed by atoms with E-state index >= 15 is 0 Å². The molecule has 15 heavy (non-hydrogen) atoms. The fourth-order valence-corrected chi connectivity index (χ4v) is 0.759. The van der Waals surface area contributed by atoms with E-state index in [4.69, 9.17) is 10.5 Å². The summed E-state index contributed by atoms with van der Waals surface area (Å²) in [6.45, 7) is 3.26. The number of esters is 1. The Morgan fingerprint density at radius 2 is 2.27 bits per heavy atom. The second kappa shape index (κ2) is 7.81. The van der Waals surface area contributed by atoms with Gasteiger partial charge in [0.05, 0.1) is 0 Å². The van der Waals surface area contributed by atoms with Crippen LogP contribution in [0.2, 0.25) is 0 Å². The van der Waals surface area contributed by atoms with Crippen molar-refractivity contribution in [3.8, 4) is 0 Å². The standard InChI is InChI=1S/C9H16N2O4/c1-2-3-4-8(13)15-6-7(12)5-11-9(10)14/h2,7,12H,1,3-6H2,(H3,10,11,14). The third-order valence-corrected chi connectivity index (χ3v) is 1.50. The number of primary amides is 1. The van der Waals surface area contributed by atoms with E-state index in [0.29, 0.717) is 6.42 Å². The number of ether oxygens (including phenoxy) is 1. The topological polar surface area (TPSA) is 102 Å². The molecule has 0 aliphatic rings. The number of nitrogens with one attached hydrogen (secondary N) is 1. The summed E-state index contributed by atoms with van der Waals surface area (Å²) in [5.41, 5.74) is 4.78. The molecule has 0 saturated carbocycles. The van der Waals surface area contributed by atoms with Crippen molar-refractivity contribution >= 4 is 12.0 Å². The molecular formula is C9H16N2O4. The van der Waals surface area contributed by atoms with Crippen LogP contribution in [0.1, 0.15) is 12.8 Å². The first-order chi connectivity index (χ1) is 7.06. The number of urea groups is 1. The van der Waals surface area contributed by atoms with Crippen molar-refractivity contribution in [1.82, 2.24) is 5.32 Å². The van der Waals surface area contributed by atoms with Gasteiger partial charge in [0.1, 0.15) is 12.7 Å². The molecule has 0 heterocycles. The van der Waals surface area contributed by atoms with E-state index < -0.39 is 18.1 Å². The highest BCUT2D eigenvalue weighted by atomic mass is 16.5. The lowest BCUT2D eigenvalue weighted by Crippen LogP contribution is -2.38. The molecule has 0 aliphatic heterocycles. The van der Waals surface area contributed by atoms with Gasteiger partial charge in [-0.2, -0.15) is 0 Å². The van der Waals surface area contributed by atoms with Crippen LogP contribution in [0.25, 0.3) is 0 Å². The SMILES string of the molecule is C=CCCC(=O)OCC(O)CNC(N)=O. The summed E-state index contributed by atoms with van der Waals surface area (Å²) in [6.07, 6.45) is 1.44. The maximum absolute atomic E-state index is 11.0. The number of hydrogen-bond donors (Lipinski definition) is 3. The first-order valence-electron chi connectivity index (χ1n) is 4.54. The molecule has 0 bridgehead atoms. The molecule has 0 aromatic carbocycles. The lowest BCUT2D eigenvalue weighted by atomic mass is 10.3. The normalized spacial score (nSPS) is 11.5. The summed E-state index contributed by atoms with van der Waals surface area (Å²) in [6, 6.07) is -0.730. The number of allylic oxidation sites excluding steroid dienone is 1. The van der Waals surface area contributed by atoms with Gasteiger partial charge in [0.2, 0.25) is 0 Å². The van der Waals surface area contributed by atoms with Gasteiger partial charge in [-0.1, -0.05) is 6.08 Å². The predicted molar refractivity (Wildman–Crippen MR) is 54.0 cm³/mol. The maximum Gasteiger partial charge on any atom is 0.312 e. The maximum atomic E-state index is 11.0. The van der Waals surface area contributed by atoms with Crippen LogP contribution in [0.4, 0.5) is 4.79 Å². The summed E-state index contributed by atoms with van der Waals surface area (Å²) in [5, 5.41) is 11.4. The quantitative estimate of drug-likeness (QED) is 0.395. The summed E-state index contributed by atoms with van der Waals surface area (Å²) in [4.78, 5) is 21.2. The number of carbonyl (C=O) groups excluding carboxylic acids is 2. The lowest BCUT2D eigenvalue weighted by Gasteiger charge is -2.10. The largest absolute Gasteiger partial charge is 0.463 e. The molecule has 86 valence electrons. The average molecular weight is 216 g/mol. The average Bonchev–Trinajstić information content (AvgIpc) is 2.20. The van der Waals surface area contributed by atoms with Gasteiger partial charge in [0, 0.05) is 13.0 Å². The highest BCUT2D eigenvalue weighted by Crippen LogP contribution is 1.94. The van der Waals surface area contributed by atoms with E-state index in [2.05, 4.69) is 11.9 Å². The summed E-state index contributed by atoms with van der Waals surface area (Å²) in [7, 11) is 0. The number of nitrogens with two attached hydrogens (primary N) is 1. The predicted octanol–water partition coefficient (Wildman–Crippen LogP) is -0.475. The highest BCUT2D eigenvalue weighted by Gasteiger charge is 2.08. The summed E-state index contributed by atoms with van der Waals surface area (Å²) >= 11 is 0. The minimum absolute atomic E-state index is 0.0376. The van der Waals surface area contributed by atoms with Crippen LogP contribution in [-0.4, -0.2) is 36.4 Å². The molecule has 0 saturated heterocycles. The fourth-order valence-electron chi connectivity index (χ4n) is 0.759. The molecule has 6 nitrogen and oxygen atoms in total. The summed E-state index contributed by atoms with van der Waals surface area (Å²) in [5.74, 6) is -0.409. The van der Waals surface area contributed by atoms with Gasteiger partial charge in [0.15, 0.2) is 0 Å². The smallest absolute Gasteiger partial charge is 0.312 e. The molecule has 1 atom stereocenters. The molecular weight excluding hydrogens is 200 g/mol. The van der Waals surface area contributed by atoms with E-state index in [9.17, 15) is 14.7 Å². The molecule has 0 fully saturated rings. The minimum Gasteiger partial charge on any atom is -0.463 e. The van der Waals surface area contributed by atoms with Crippen LogP contribution >= 0.6 is 0 Å². The van der Waals surface area contributed by atoms with Crippen molar-refractivity contribution in [3.63, 3.8) is 0 Å². The van der Waals surface area contributed by atoms with Gasteiger partial charge in [-0.05, 0) is 6.42 Å². The van der Waals surface area contributed by atoms with Gasteiger partial charge in [-0.3, -0.25) is 4.79 Å².